The minimum absolute atomic E-state index is 0.0377. The van der Waals surface area contributed by atoms with Crippen LogP contribution in [0.2, 0.25) is 5.02 Å². The van der Waals surface area contributed by atoms with Gasteiger partial charge in [0.1, 0.15) is 17.5 Å². The second-order valence-electron chi connectivity index (χ2n) is 16.3. The summed E-state index contributed by atoms with van der Waals surface area (Å²) in [4.78, 5) is 41.9. The van der Waals surface area contributed by atoms with E-state index >= 15 is 4.79 Å². The monoisotopic (exact) mass is 868 g/mol. The molecule has 61 heavy (non-hydrogen) atoms. The summed E-state index contributed by atoms with van der Waals surface area (Å²) in [6, 6.07) is 17.8. The molecular formula is C44H43ClF2N8O5S. The highest BCUT2D eigenvalue weighted by molar-refractivity contribution is 7.92. The molecule has 4 heterocycles. The predicted octanol–water partition coefficient (Wildman–Crippen LogP) is 6.93. The molecule has 4 aromatic carbocycles. The van der Waals surface area contributed by atoms with E-state index in [4.69, 9.17) is 26.3 Å². The summed E-state index contributed by atoms with van der Waals surface area (Å²) in [5.74, 6) is -1.70. The molecule has 17 heteroatoms. The summed E-state index contributed by atoms with van der Waals surface area (Å²) in [5.41, 5.74) is 4.29. The van der Waals surface area contributed by atoms with Crippen molar-refractivity contribution in [3.8, 4) is 5.69 Å². The number of hydrogen-bond donors (Lipinski definition) is 2. The van der Waals surface area contributed by atoms with E-state index in [9.17, 15) is 22.0 Å². The minimum Gasteiger partial charge on any atom is -0.372 e. The quantitative estimate of drug-likeness (QED) is 0.142. The number of benzene rings is 4. The molecule has 1 unspecified atom stereocenters. The van der Waals surface area contributed by atoms with Gasteiger partial charge < -0.3 is 15.0 Å². The van der Waals surface area contributed by atoms with Crippen LogP contribution in [0.5, 0.6) is 0 Å². The second kappa shape index (κ2) is 15.6. The van der Waals surface area contributed by atoms with Crippen LogP contribution < -0.4 is 20.5 Å². The third-order valence-electron chi connectivity index (χ3n) is 11.3. The van der Waals surface area contributed by atoms with Crippen molar-refractivity contribution in [2.75, 3.05) is 29.0 Å². The first-order chi connectivity index (χ1) is 29.1. The maximum absolute atomic E-state index is 15.2. The van der Waals surface area contributed by atoms with Crippen LogP contribution in [0.1, 0.15) is 67.7 Å². The number of nitrogens with zero attached hydrogens (tertiary/aromatic N) is 6. The third kappa shape index (κ3) is 8.11. The molecule has 1 amide bonds. The van der Waals surface area contributed by atoms with E-state index in [0.29, 0.717) is 24.5 Å². The number of nitrogens with one attached hydrogen (secondary N) is 2. The standard InChI is InChI=1S/C44H43ClF2N8O5S/c1-23-21-54(22-24(2)60-23)29-11-12-32-34(19-29)50-43(55(44(32)57)37-14-13-33(45)39-41(37)53(3)51-42(39)52-61(4,58)59)36(17-25-15-27(46)18-28(47)16-25)48-38(56)20-35-30-7-5-6-8-31(30)40(49-35)26-9-10-26/h5-8,11-16,18-19,23-24,26,35-36H,9-10,17,20-22H2,1-4H3,(H,48,56)(H,51,52)/t23-,24+,35?,36-/m0/s1. The van der Waals surface area contributed by atoms with Crippen molar-refractivity contribution in [3.05, 3.63) is 122 Å². The molecule has 0 spiro atoms. The highest BCUT2D eigenvalue weighted by Crippen LogP contribution is 2.42. The largest absolute Gasteiger partial charge is 0.372 e. The molecule has 2 aromatic heterocycles. The predicted molar refractivity (Wildman–Crippen MR) is 231 cm³/mol. The first kappa shape index (κ1) is 40.7. The number of carbonyl (C=O) groups excluding carboxylic acids is 1. The fraction of sp³-hybridized carbons (Fsp3) is 0.341. The van der Waals surface area contributed by atoms with Gasteiger partial charge in [0.15, 0.2) is 5.82 Å². The Balaban J connectivity index is 1.23. The van der Waals surface area contributed by atoms with E-state index in [2.05, 4.69) is 20.0 Å². The smallest absolute Gasteiger partial charge is 0.266 e. The van der Waals surface area contributed by atoms with Crippen LogP contribution in [-0.2, 0) is 33.0 Å². The zero-order valence-corrected chi connectivity index (χ0v) is 35.4. The fourth-order valence-electron chi connectivity index (χ4n) is 8.79. The van der Waals surface area contributed by atoms with Gasteiger partial charge in [-0.05, 0) is 80.3 Å². The van der Waals surface area contributed by atoms with Crippen LogP contribution >= 0.6 is 11.6 Å². The molecule has 316 valence electrons. The number of fused-ring (bicyclic) bond motifs is 3. The molecule has 2 fully saturated rings. The molecule has 0 bridgehead atoms. The number of aromatic nitrogens is 4. The Morgan fingerprint density at radius 1 is 1.00 bits per heavy atom. The maximum Gasteiger partial charge on any atom is 0.266 e. The van der Waals surface area contributed by atoms with Gasteiger partial charge in [0.25, 0.3) is 5.56 Å². The number of morpholine rings is 1. The number of hydrogen-bond acceptors (Lipinski definition) is 9. The van der Waals surface area contributed by atoms with E-state index in [0.717, 1.165) is 47.7 Å². The lowest BCUT2D eigenvalue weighted by Crippen LogP contribution is -2.45. The number of aryl methyl sites for hydroxylation is 1. The topological polar surface area (TPSA) is 153 Å². The van der Waals surface area contributed by atoms with Crippen molar-refractivity contribution in [3.63, 3.8) is 0 Å². The maximum atomic E-state index is 15.2. The first-order valence-electron chi connectivity index (χ1n) is 20.1. The number of ether oxygens (including phenoxy) is 1. The number of aliphatic imine (C=N–C) groups is 1. The van der Waals surface area contributed by atoms with Gasteiger partial charge in [0, 0.05) is 55.5 Å². The summed E-state index contributed by atoms with van der Waals surface area (Å²) in [6.45, 7) is 5.19. The molecule has 13 nitrogen and oxygen atoms in total. The van der Waals surface area contributed by atoms with E-state index in [1.807, 2.05) is 50.2 Å². The molecule has 1 saturated carbocycles. The van der Waals surface area contributed by atoms with Crippen LogP contribution in [0, 0.1) is 17.6 Å². The molecule has 4 atom stereocenters. The van der Waals surface area contributed by atoms with Gasteiger partial charge in [-0.3, -0.25) is 28.6 Å². The van der Waals surface area contributed by atoms with Gasteiger partial charge >= 0.3 is 0 Å². The molecule has 3 aliphatic rings. The Labute approximate surface area is 355 Å². The van der Waals surface area contributed by atoms with Gasteiger partial charge in [-0.1, -0.05) is 35.9 Å². The van der Waals surface area contributed by atoms with Gasteiger partial charge in [0.05, 0.1) is 69.5 Å². The number of carbonyl (C=O) groups is 1. The van der Waals surface area contributed by atoms with Gasteiger partial charge in [-0.2, -0.15) is 5.10 Å². The Bertz CT molecular complexity index is 2940. The lowest BCUT2D eigenvalue weighted by molar-refractivity contribution is -0.122. The lowest BCUT2D eigenvalue weighted by Gasteiger charge is -2.37. The number of halogens is 3. The van der Waals surface area contributed by atoms with Crippen molar-refractivity contribution in [2.24, 2.45) is 18.0 Å². The third-order valence-corrected chi connectivity index (χ3v) is 12.2. The van der Waals surface area contributed by atoms with Crippen molar-refractivity contribution in [1.82, 2.24) is 24.6 Å². The summed E-state index contributed by atoms with van der Waals surface area (Å²) >= 11 is 6.73. The van der Waals surface area contributed by atoms with Crippen LogP contribution in [0.3, 0.4) is 0 Å². The minimum atomic E-state index is -3.81. The highest BCUT2D eigenvalue weighted by atomic mass is 35.5. The summed E-state index contributed by atoms with van der Waals surface area (Å²) < 4.78 is 65.7. The Morgan fingerprint density at radius 3 is 2.43 bits per heavy atom. The summed E-state index contributed by atoms with van der Waals surface area (Å²) in [6.07, 6.45) is 2.75. The summed E-state index contributed by atoms with van der Waals surface area (Å²) in [7, 11) is -2.23. The average Bonchev–Trinajstić information content (AvgIpc) is 3.89. The van der Waals surface area contributed by atoms with Crippen molar-refractivity contribution in [1.29, 1.82) is 0 Å². The van der Waals surface area contributed by atoms with Gasteiger partial charge in [-0.25, -0.2) is 22.2 Å². The van der Waals surface area contributed by atoms with Crippen LogP contribution in [0.25, 0.3) is 27.5 Å². The van der Waals surface area contributed by atoms with Gasteiger partial charge in [0.2, 0.25) is 15.9 Å². The molecule has 6 aromatic rings. The van der Waals surface area contributed by atoms with Crippen molar-refractivity contribution < 1.29 is 26.7 Å². The van der Waals surface area contributed by atoms with Crippen molar-refractivity contribution >= 4 is 66.6 Å². The highest BCUT2D eigenvalue weighted by Gasteiger charge is 2.36. The molecule has 2 N–H and O–H groups in total. The van der Waals surface area contributed by atoms with E-state index in [1.165, 1.54) is 27.4 Å². The normalized spacial score (nSPS) is 19.6. The zero-order valence-electron chi connectivity index (χ0n) is 33.8. The van der Waals surface area contributed by atoms with Crippen LogP contribution in [-0.4, -0.2) is 70.9 Å². The molecule has 9 rings (SSSR count). The average molecular weight is 869 g/mol. The molecule has 1 saturated heterocycles. The molecular weight excluding hydrogens is 826 g/mol. The zero-order chi connectivity index (χ0) is 42.9. The Morgan fingerprint density at radius 2 is 1.72 bits per heavy atom. The molecule has 1 aliphatic carbocycles. The number of amides is 1. The lowest BCUT2D eigenvalue weighted by atomic mass is 9.97. The Kier molecular flexibility index (Phi) is 10.4. The number of rotatable bonds is 11. The van der Waals surface area contributed by atoms with Crippen molar-refractivity contribution in [2.45, 2.75) is 63.8 Å². The van der Waals surface area contributed by atoms with E-state index in [-0.39, 0.29) is 69.3 Å². The molecule has 2 aliphatic heterocycles. The van der Waals surface area contributed by atoms with E-state index < -0.39 is 45.2 Å². The summed E-state index contributed by atoms with van der Waals surface area (Å²) in [5, 5.41) is 8.14. The SMILES string of the molecule is C[C@@H]1CN(c2ccc3c(=O)n(-c4ccc(Cl)c5c(NS(C)(=O)=O)nn(C)c45)c([C@H](Cc4cc(F)cc(F)c4)NC(=O)CC4N=C(C5CC5)c5ccccc54)nc3c2)C[C@H](C)O1. The second-order valence-corrected chi connectivity index (χ2v) is 18.5. The van der Waals surface area contributed by atoms with Crippen LogP contribution in [0.15, 0.2) is 82.6 Å². The number of sulfonamides is 1. The molecule has 0 radical (unpaired) electrons. The fourth-order valence-corrected chi connectivity index (χ4v) is 9.53. The van der Waals surface area contributed by atoms with E-state index in [1.54, 1.807) is 19.2 Å². The van der Waals surface area contributed by atoms with Gasteiger partial charge in [-0.15, -0.1) is 0 Å². The Hall–Kier alpha value is -5.71. The van der Waals surface area contributed by atoms with Crippen LogP contribution in [0.4, 0.5) is 20.3 Å². The number of anilines is 2. The first-order valence-corrected chi connectivity index (χ1v) is 22.4.